The first kappa shape index (κ1) is 24.9. The molecule has 5 rings (SSSR count). The number of halogens is 1. The molecule has 0 unspecified atom stereocenters. The number of hydrogen-bond acceptors (Lipinski definition) is 6. The van der Waals surface area contributed by atoms with Crippen LogP contribution < -0.4 is 9.64 Å². The Morgan fingerprint density at radius 3 is 2.47 bits per heavy atom. The fraction of sp³-hybridized carbons (Fsp3) is 0.214. The number of para-hydroxylation sites is 2. The van der Waals surface area contributed by atoms with Crippen LogP contribution in [0.3, 0.4) is 0 Å². The monoisotopic (exact) mass is 515 g/mol. The lowest BCUT2D eigenvalue weighted by Crippen LogP contribution is -2.49. The summed E-state index contributed by atoms with van der Waals surface area (Å²) in [5, 5.41) is 15.9. The Bertz CT molecular complexity index is 1480. The van der Waals surface area contributed by atoms with Crippen LogP contribution in [0.15, 0.2) is 78.9 Å². The van der Waals surface area contributed by atoms with E-state index in [0.29, 0.717) is 38.5 Å². The second kappa shape index (κ2) is 10.7. The molecule has 0 bridgehead atoms. The number of piperazine rings is 1. The standard InChI is InChI=1S/C28H26FN5O4/c1-2-38-27-13-6-5-12-25(27)31-14-16-32(17-15-31)28(35)26-19-24(22-10-3-4-11-23(22)29)30-33(26)20-8-7-9-21(18-20)34(36)37/h3-13,18-19H,2,14-17H2,1H3. The summed E-state index contributed by atoms with van der Waals surface area (Å²) < 4.78 is 21.7. The minimum absolute atomic E-state index is 0.134. The highest BCUT2D eigenvalue weighted by atomic mass is 19.1. The number of ether oxygens (including phenoxy) is 1. The van der Waals surface area contributed by atoms with Crippen molar-refractivity contribution in [3.8, 4) is 22.7 Å². The minimum Gasteiger partial charge on any atom is -0.492 e. The number of amides is 1. The van der Waals surface area contributed by atoms with Gasteiger partial charge in [-0.25, -0.2) is 9.07 Å². The minimum atomic E-state index is -0.508. The molecule has 1 aromatic heterocycles. The molecule has 0 saturated carbocycles. The molecule has 2 heterocycles. The Kier molecular flexibility index (Phi) is 7.03. The van der Waals surface area contributed by atoms with E-state index in [0.717, 1.165) is 11.4 Å². The first-order chi connectivity index (χ1) is 18.5. The summed E-state index contributed by atoms with van der Waals surface area (Å²) >= 11 is 0. The average Bonchev–Trinajstić information content (AvgIpc) is 3.39. The van der Waals surface area contributed by atoms with Crippen molar-refractivity contribution in [1.82, 2.24) is 14.7 Å². The van der Waals surface area contributed by atoms with Crippen LogP contribution in [0.1, 0.15) is 17.4 Å². The maximum Gasteiger partial charge on any atom is 0.272 e. The van der Waals surface area contributed by atoms with E-state index in [1.165, 1.54) is 35.0 Å². The zero-order valence-electron chi connectivity index (χ0n) is 20.8. The van der Waals surface area contributed by atoms with Gasteiger partial charge < -0.3 is 14.5 Å². The maximum absolute atomic E-state index is 14.6. The fourth-order valence-corrected chi connectivity index (χ4v) is 4.58. The number of carbonyl (C=O) groups excluding carboxylic acids is 1. The van der Waals surface area contributed by atoms with Crippen molar-refractivity contribution >= 4 is 17.3 Å². The van der Waals surface area contributed by atoms with E-state index >= 15 is 0 Å². The molecule has 1 amide bonds. The molecule has 0 aliphatic carbocycles. The number of nitro benzene ring substituents is 1. The third-order valence-electron chi connectivity index (χ3n) is 6.44. The number of non-ortho nitro benzene ring substituents is 1. The van der Waals surface area contributed by atoms with Crippen LogP contribution in [-0.2, 0) is 0 Å². The van der Waals surface area contributed by atoms with Gasteiger partial charge in [0, 0.05) is 43.9 Å². The van der Waals surface area contributed by atoms with Gasteiger partial charge in [0.15, 0.2) is 0 Å². The van der Waals surface area contributed by atoms with Crippen molar-refractivity contribution in [1.29, 1.82) is 0 Å². The summed E-state index contributed by atoms with van der Waals surface area (Å²) in [4.78, 5) is 28.5. The summed E-state index contributed by atoms with van der Waals surface area (Å²) in [6.07, 6.45) is 0. The first-order valence-corrected chi connectivity index (χ1v) is 12.3. The zero-order chi connectivity index (χ0) is 26.6. The van der Waals surface area contributed by atoms with Crippen LogP contribution in [0.5, 0.6) is 5.75 Å². The molecule has 1 saturated heterocycles. The number of anilines is 1. The molecule has 0 atom stereocenters. The van der Waals surface area contributed by atoms with Crippen LogP contribution in [0.2, 0.25) is 0 Å². The van der Waals surface area contributed by atoms with Crippen LogP contribution in [0.4, 0.5) is 15.8 Å². The molecule has 0 N–H and O–H groups in total. The lowest BCUT2D eigenvalue weighted by molar-refractivity contribution is -0.384. The van der Waals surface area contributed by atoms with Crippen LogP contribution in [-0.4, -0.2) is 58.3 Å². The molecular formula is C28H26FN5O4. The van der Waals surface area contributed by atoms with Crippen molar-refractivity contribution in [2.24, 2.45) is 0 Å². The van der Waals surface area contributed by atoms with E-state index in [4.69, 9.17) is 4.74 Å². The van der Waals surface area contributed by atoms with Crippen molar-refractivity contribution in [2.75, 3.05) is 37.7 Å². The van der Waals surface area contributed by atoms with Gasteiger partial charge in [-0.3, -0.25) is 14.9 Å². The number of benzene rings is 3. The maximum atomic E-state index is 14.6. The Balaban J connectivity index is 1.45. The Morgan fingerprint density at radius 2 is 1.74 bits per heavy atom. The van der Waals surface area contributed by atoms with Crippen LogP contribution >= 0.6 is 0 Å². The number of aromatic nitrogens is 2. The average molecular weight is 516 g/mol. The molecule has 1 aliphatic heterocycles. The third-order valence-corrected chi connectivity index (χ3v) is 6.44. The third kappa shape index (κ3) is 4.93. The topological polar surface area (TPSA) is 93.7 Å². The van der Waals surface area contributed by atoms with E-state index in [9.17, 15) is 19.3 Å². The van der Waals surface area contributed by atoms with E-state index in [-0.39, 0.29) is 28.5 Å². The van der Waals surface area contributed by atoms with Gasteiger partial charge in [0.05, 0.1) is 28.6 Å². The van der Waals surface area contributed by atoms with E-state index in [1.807, 2.05) is 31.2 Å². The Labute approximate surface area is 218 Å². The summed E-state index contributed by atoms with van der Waals surface area (Å²) in [6.45, 7) is 4.60. The van der Waals surface area contributed by atoms with Gasteiger partial charge in [-0.05, 0) is 43.3 Å². The fourth-order valence-electron chi connectivity index (χ4n) is 4.58. The molecular weight excluding hydrogens is 489 g/mol. The first-order valence-electron chi connectivity index (χ1n) is 12.3. The van der Waals surface area contributed by atoms with Gasteiger partial charge in [0.1, 0.15) is 17.3 Å². The second-order valence-electron chi connectivity index (χ2n) is 8.76. The highest BCUT2D eigenvalue weighted by molar-refractivity contribution is 5.94. The predicted molar refractivity (Wildman–Crippen MR) is 141 cm³/mol. The Hall–Kier alpha value is -4.73. The number of nitrogens with zero attached hydrogens (tertiary/aromatic N) is 5. The number of carbonyl (C=O) groups is 1. The molecule has 3 aromatic carbocycles. The van der Waals surface area contributed by atoms with Crippen LogP contribution in [0.25, 0.3) is 16.9 Å². The van der Waals surface area contributed by atoms with Gasteiger partial charge in [0.25, 0.3) is 11.6 Å². The van der Waals surface area contributed by atoms with Crippen LogP contribution in [0, 0.1) is 15.9 Å². The number of nitro groups is 1. The lowest BCUT2D eigenvalue weighted by atomic mass is 10.1. The smallest absolute Gasteiger partial charge is 0.272 e. The summed E-state index contributed by atoms with van der Waals surface area (Å²) in [7, 11) is 0. The lowest BCUT2D eigenvalue weighted by Gasteiger charge is -2.36. The zero-order valence-corrected chi connectivity index (χ0v) is 20.8. The molecule has 1 fully saturated rings. The van der Waals surface area contributed by atoms with Gasteiger partial charge in [-0.1, -0.05) is 30.3 Å². The highest BCUT2D eigenvalue weighted by Crippen LogP contribution is 2.30. The number of rotatable bonds is 7. The van der Waals surface area contributed by atoms with Gasteiger partial charge >= 0.3 is 0 Å². The summed E-state index contributed by atoms with van der Waals surface area (Å²) in [5.74, 6) is 0.0363. The molecule has 10 heteroatoms. The SMILES string of the molecule is CCOc1ccccc1N1CCN(C(=O)c2cc(-c3ccccc3F)nn2-c2cccc([N+](=O)[O-])c2)CC1. The number of hydrogen-bond donors (Lipinski definition) is 0. The van der Waals surface area contributed by atoms with Gasteiger partial charge in [-0.15, -0.1) is 0 Å². The summed E-state index contributed by atoms with van der Waals surface area (Å²) in [6, 6.07) is 21.4. The Morgan fingerprint density at radius 1 is 1.00 bits per heavy atom. The summed E-state index contributed by atoms with van der Waals surface area (Å²) in [5.41, 5.74) is 1.89. The van der Waals surface area contributed by atoms with Crippen molar-refractivity contribution in [3.05, 3.63) is 100 Å². The van der Waals surface area contributed by atoms with Crippen molar-refractivity contribution in [3.63, 3.8) is 0 Å². The highest BCUT2D eigenvalue weighted by Gasteiger charge is 2.28. The molecule has 1 aliphatic rings. The van der Waals surface area contributed by atoms with Gasteiger partial charge in [0.2, 0.25) is 0 Å². The molecule has 38 heavy (non-hydrogen) atoms. The van der Waals surface area contributed by atoms with Crippen molar-refractivity contribution < 1.29 is 18.8 Å². The van der Waals surface area contributed by atoms with E-state index in [2.05, 4.69) is 10.00 Å². The van der Waals surface area contributed by atoms with Gasteiger partial charge in [-0.2, -0.15) is 5.10 Å². The molecule has 0 radical (unpaired) electrons. The quantitative estimate of drug-likeness (QED) is 0.255. The van der Waals surface area contributed by atoms with E-state index in [1.54, 1.807) is 29.2 Å². The van der Waals surface area contributed by atoms with Crippen molar-refractivity contribution in [2.45, 2.75) is 6.92 Å². The molecule has 0 spiro atoms. The normalized spacial score (nSPS) is 13.4. The molecule has 4 aromatic rings. The predicted octanol–water partition coefficient (Wildman–Crippen LogP) is 4.95. The largest absolute Gasteiger partial charge is 0.492 e. The molecule has 9 nitrogen and oxygen atoms in total. The van der Waals surface area contributed by atoms with E-state index < -0.39 is 10.7 Å². The molecule has 194 valence electrons. The second-order valence-corrected chi connectivity index (χ2v) is 8.76.